The Morgan fingerprint density at radius 2 is 1.86 bits per heavy atom. The molecule has 0 bridgehead atoms. The van der Waals surface area contributed by atoms with Crippen LogP contribution >= 0.6 is 23.4 Å². The Kier molecular flexibility index (Phi) is 7.20. The number of aromatic nitrogens is 2. The molecular weight excluding hydrogens is 465 g/mol. The number of phosphoric acid groups is 2. The molecule has 0 radical (unpaired) electrons. The van der Waals surface area contributed by atoms with Gasteiger partial charge in [-0.05, 0) is 6.07 Å². The van der Waals surface area contributed by atoms with Gasteiger partial charge in [-0.3, -0.25) is 13.6 Å². The number of aliphatic hydroxyl groups is 1. The minimum atomic E-state index is -5.22. The fraction of sp³-hybridized carbons (Fsp3) is 0.556. The van der Waals surface area contributed by atoms with E-state index in [1.807, 2.05) is 0 Å². The van der Waals surface area contributed by atoms with Crippen LogP contribution in [0, 0.1) is 0 Å². The molecule has 0 aliphatic carbocycles. The number of nitrogens with two attached hydrogens (primary N) is 2. The van der Waals surface area contributed by atoms with Gasteiger partial charge in [-0.25, -0.2) is 24.0 Å². The van der Waals surface area contributed by atoms with Crippen molar-refractivity contribution in [3.8, 4) is 0 Å². The summed E-state index contributed by atoms with van der Waals surface area (Å²) in [7, 11) is -15.4. The van der Waals surface area contributed by atoms with Gasteiger partial charge in [-0.15, -0.1) is 0 Å². The lowest BCUT2D eigenvalue weighted by atomic mass is 10.1. The maximum absolute atomic E-state index is 11.9. The third-order valence-electron chi connectivity index (χ3n) is 3.32. The summed E-state index contributed by atoms with van der Waals surface area (Å²) in [6.07, 6.45) is -5.97. The number of phosphoric ester groups is 2. The lowest BCUT2D eigenvalue weighted by molar-refractivity contribution is -0.0538. The van der Waals surface area contributed by atoms with Crippen LogP contribution in [0.1, 0.15) is 6.23 Å². The SMILES string of the molecule is Nc1ccn([C@@H]2O[C@H](COP(=O)(O)OP(N)(=O)O)[C@@H](OP(=O)(O)O)[C@H]2O)c(=O)n1. The number of aliphatic hydroxyl groups excluding tert-OH is 1. The summed E-state index contributed by atoms with van der Waals surface area (Å²) >= 11 is 0. The molecule has 29 heavy (non-hydrogen) atoms. The van der Waals surface area contributed by atoms with Gasteiger partial charge in [0.1, 0.15) is 24.1 Å². The van der Waals surface area contributed by atoms with Crippen molar-refractivity contribution in [1.29, 1.82) is 0 Å². The quantitative estimate of drug-likeness (QED) is 0.193. The van der Waals surface area contributed by atoms with Crippen LogP contribution < -0.4 is 16.9 Å². The zero-order valence-corrected chi connectivity index (χ0v) is 16.7. The first-order chi connectivity index (χ1) is 13.1. The van der Waals surface area contributed by atoms with Crippen LogP contribution in [0.5, 0.6) is 0 Å². The highest BCUT2D eigenvalue weighted by atomic mass is 31.3. The summed E-state index contributed by atoms with van der Waals surface area (Å²) < 4.78 is 52.2. The second kappa shape index (κ2) is 8.61. The molecule has 20 heteroatoms. The van der Waals surface area contributed by atoms with Crippen molar-refractivity contribution in [2.45, 2.75) is 24.5 Å². The highest BCUT2D eigenvalue weighted by Crippen LogP contribution is 2.56. The maximum Gasteiger partial charge on any atom is 0.480 e. The van der Waals surface area contributed by atoms with Gasteiger partial charge in [0.2, 0.25) is 0 Å². The summed E-state index contributed by atoms with van der Waals surface area (Å²) in [6.45, 7) is -1.04. The highest BCUT2D eigenvalue weighted by Gasteiger charge is 2.49. The van der Waals surface area contributed by atoms with E-state index in [1.54, 1.807) is 0 Å². The van der Waals surface area contributed by atoms with E-state index in [4.69, 9.17) is 25.2 Å². The number of ether oxygens (including phenoxy) is 1. The Balaban J connectivity index is 2.26. The molecule has 0 amide bonds. The van der Waals surface area contributed by atoms with Crippen molar-refractivity contribution in [3.63, 3.8) is 0 Å². The Bertz CT molecular complexity index is 942. The number of hydrogen-bond donors (Lipinski definition) is 7. The summed E-state index contributed by atoms with van der Waals surface area (Å²) in [6, 6.07) is 1.16. The second-order valence-corrected chi connectivity index (χ2v) is 9.74. The minimum Gasteiger partial charge on any atom is -0.386 e. The molecule has 1 aliphatic heterocycles. The van der Waals surface area contributed by atoms with Crippen LogP contribution in [0.4, 0.5) is 5.82 Å². The third-order valence-corrected chi connectivity index (χ3v) is 6.07. The molecule has 166 valence electrons. The highest BCUT2D eigenvalue weighted by molar-refractivity contribution is 7.62. The molecule has 9 N–H and O–H groups in total. The molecule has 1 aromatic rings. The van der Waals surface area contributed by atoms with Crippen molar-refractivity contribution in [1.82, 2.24) is 9.55 Å². The van der Waals surface area contributed by atoms with E-state index in [2.05, 4.69) is 23.8 Å². The monoisotopic (exact) mass is 482 g/mol. The lowest BCUT2D eigenvalue weighted by Gasteiger charge is -2.21. The molecule has 0 saturated carbocycles. The summed E-state index contributed by atoms with van der Waals surface area (Å²) in [5.74, 6) is -0.157. The first-order valence-electron chi connectivity index (χ1n) is 7.30. The molecule has 2 rings (SSSR count). The van der Waals surface area contributed by atoms with E-state index in [1.165, 1.54) is 0 Å². The van der Waals surface area contributed by atoms with Crippen molar-refractivity contribution in [3.05, 3.63) is 22.7 Å². The van der Waals surface area contributed by atoms with Gasteiger partial charge in [0.25, 0.3) is 0 Å². The van der Waals surface area contributed by atoms with E-state index in [-0.39, 0.29) is 5.82 Å². The first-order valence-corrected chi connectivity index (χ1v) is 12.0. The van der Waals surface area contributed by atoms with Gasteiger partial charge in [0.05, 0.1) is 6.61 Å². The smallest absolute Gasteiger partial charge is 0.386 e. The summed E-state index contributed by atoms with van der Waals surface area (Å²) in [4.78, 5) is 51.5. The van der Waals surface area contributed by atoms with Gasteiger partial charge in [-0.1, -0.05) is 0 Å². The normalized spacial score (nSPS) is 29.3. The molecular formula is C9H17N4O13P3. The Labute approximate surface area is 161 Å². The third kappa shape index (κ3) is 7.01. The van der Waals surface area contributed by atoms with Crippen LogP contribution in [0.2, 0.25) is 0 Å². The molecule has 2 heterocycles. The molecule has 1 aromatic heterocycles. The van der Waals surface area contributed by atoms with Crippen molar-refractivity contribution < 1.29 is 56.5 Å². The van der Waals surface area contributed by atoms with E-state index in [0.717, 1.165) is 12.3 Å². The van der Waals surface area contributed by atoms with Gasteiger partial charge in [0.15, 0.2) is 6.23 Å². The Morgan fingerprint density at radius 3 is 2.38 bits per heavy atom. The molecule has 6 atom stereocenters. The van der Waals surface area contributed by atoms with Crippen molar-refractivity contribution >= 4 is 29.2 Å². The van der Waals surface area contributed by atoms with Crippen LogP contribution in [-0.4, -0.2) is 59.2 Å². The number of nitrogen functional groups attached to an aromatic ring is 1. The van der Waals surface area contributed by atoms with Gasteiger partial charge in [0, 0.05) is 6.20 Å². The number of rotatable bonds is 8. The average Bonchev–Trinajstić information content (AvgIpc) is 2.78. The van der Waals surface area contributed by atoms with Crippen molar-refractivity contribution in [2.24, 2.45) is 5.50 Å². The molecule has 0 spiro atoms. The molecule has 17 nitrogen and oxygen atoms in total. The largest absolute Gasteiger partial charge is 0.480 e. The van der Waals surface area contributed by atoms with Gasteiger partial charge in [-0.2, -0.15) is 9.29 Å². The molecule has 0 aromatic carbocycles. The van der Waals surface area contributed by atoms with E-state index in [0.29, 0.717) is 4.57 Å². The predicted octanol–water partition coefficient (Wildman–Crippen LogP) is -2.25. The lowest BCUT2D eigenvalue weighted by Crippen LogP contribution is -2.37. The van der Waals surface area contributed by atoms with E-state index in [9.17, 15) is 28.5 Å². The zero-order valence-electron chi connectivity index (χ0n) is 14.1. The van der Waals surface area contributed by atoms with Gasteiger partial charge >= 0.3 is 29.1 Å². The summed E-state index contributed by atoms with van der Waals surface area (Å²) in [5, 5.41) is 10.3. The first kappa shape index (κ1) is 24.2. The number of anilines is 1. The average molecular weight is 482 g/mol. The van der Waals surface area contributed by atoms with Crippen LogP contribution in [0.3, 0.4) is 0 Å². The Hall–Kier alpha value is -1.03. The molecule has 1 fully saturated rings. The zero-order chi connectivity index (χ0) is 22.2. The second-order valence-electron chi connectivity index (χ2n) is 5.57. The van der Waals surface area contributed by atoms with Crippen LogP contribution in [0.15, 0.2) is 17.1 Å². The predicted molar refractivity (Wildman–Crippen MR) is 90.6 cm³/mol. The molecule has 1 saturated heterocycles. The van der Waals surface area contributed by atoms with Crippen molar-refractivity contribution in [2.75, 3.05) is 12.3 Å². The van der Waals surface area contributed by atoms with Gasteiger partial charge < -0.3 is 35.2 Å². The van der Waals surface area contributed by atoms with E-state index >= 15 is 0 Å². The standard InChI is InChI=1S/C9H17N4O13P3/c10-5-1-2-13(9(15)12-5)8-6(14)7(25-28(18,19)20)4(24-8)3-23-29(21,22)26-27(11,16)17/h1-2,4,6-8,14H,3H2,(H,21,22)(H2,10,12,15)(H3,11,16,17)(H2,18,19,20)/t4-,6-,7-,8-/m1/s1. The minimum absolute atomic E-state index is 0.157. The van der Waals surface area contributed by atoms with E-state index < -0.39 is 60.2 Å². The van der Waals surface area contributed by atoms with Crippen LogP contribution in [0.25, 0.3) is 0 Å². The number of hydrogen-bond acceptors (Lipinski definition) is 11. The topological polar surface area (TPSA) is 276 Å². The number of nitrogens with zero attached hydrogens (tertiary/aromatic N) is 2. The maximum atomic E-state index is 11.9. The van der Waals surface area contributed by atoms with Crippen LogP contribution in [-0.2, 0) is 31.8 Å². The fourth-order valence-electron chi connectivity index (χ4n) is 2.33. The Morgan fingerprint density at radius 1 is 1.24 bits per heavy atom. The fourth-order valence-corrected chi connectivity index (χ4v) is 4.62. The molecule has 2 unspecified atom stereocenters. The summed E-state index contributed by atoms with van der Waals surface area (Å²) in [5.41, 5.74) is 8.94. The molecule has 1 aliphatic rings.